The number of urea groups is 1. The summed E-state index contributed by atoms with van der Waals surface area (Å²) in [6.07, 6.45) is 0.931. The van der Waals surface area contributed by atoms with Crippen LogP contribution in [0.1, 0.15) is 18.9 Å². The highest BCUT2D eigenvalue weighted by Gasteiger charge is 2.27. The Hall–Kier alpha value is -1.73. The van der Waals surface area contributed by atoms with Crippen molar-refractivity contribution in [2.75, 3.05) is 25.0 Å². The Morgan fingerprint density at radius 1 is 1.52 bits per heavy atom. The van der Waals surface area contributed by atoms with Crippen LogP contribution in [-0.2, 0) is 0 Å². The number of aryl methyl sites for hydroxylation is 1. The third-order valence-electron chi connectivity index (χ3n) is 4.17. The minimum Gasteiger partial charge on any atom is -0.396 e. The number of halogens is 1. The normalized spacial score (nSPS) is 21.7. The number of carbonyl (C=O) groups is 1. The van der Waals surface area contributed by atoms with Crippen molar-refractivity contribution in [3.63, 3.8) is 0 Å². The summed E-state index contributed by atoms with van der Waals surface area (Å²) < 4.78 is 14.4. The van der Waals surface area contributed by atoms with Crippen LogP contribution in [0.4, 0.5) is 14.3 Å². The SMILES string of the molecule is Cc1cc2sc(NC(=O)N3CC(C)CC(CO)C3)nc2cc1F. The summed E-state index contributed by atoms with van der Waals surface area (Å²) >= 11 is 1.33. The Bertz CT molecular complexity index is 694. The number of fused-ring (bicyclic) bond motifs is 1. The zero-order valence-electron chi connectivity index (χ0n) is 13.2. The van der Waals surface area contributed by atoms with Gasteiger partial charge in [0.25, 0.3) is 0 Å². The minimum atomic E-state index is -0.295. The standard InChI is InChI=1S/C16H20FN3O2S/c1-9-3-11(8-21)7-20(6-9)16(22)19-15-18-13-5-12(17)10(2)4-14(13)23-15/h4-5,9,11,21H,3,6-8H2,1-2H3,(H,18,19,22). The first-order valence-electron chi connectivity index (χ1n) is 7.69. The van der Waals surface area contributed by atoms with Crippen molar-refractivity contribution in [3.8, 4) is 0 Å². The van der Waals surface area contributed by atoms with Gasteiger partial charge in [-0.15, -0.1) is 0 Å². The van der Waals surface area contributed by atoms with Gasteiger partial charge < -0.3 is 10.0 Å². The van der Waals surface area contributed by atoms with E-state index < -0.39 is 0 Å². The van der Waals surface area contributed by atoms with E-state index in [1.165, 1.54) is 17.4 Å². The van der Waals surface area contributed by atoms with E-state index in [2.05, 4.69) is 17.2 Å². The molecular weight excluding hydrogens is 317 g/mol. The van der Waals surface area contributed by atoms with Crippen molar-refractivity contribution in [3.05, 3.63) is 23.5 Å². The van der Waals surface area contributed by atoms with Crippen LogP contribution >= 0.6 is 11.3 Å². The highest BCUT2D eigenvalue weighted by atomic mass is 32.1. The number of amides is 2. The predicted molar refractivity (Wildman–Crippen MR) is 89.3 cm³/mol. The van der Waals surface area contributed by atoms with Crippen LogP contribution in [0.5, 0.6) is 0 Å². The molecule has 3 rings (SSSR count). The number of aromatic nitrogens is 1. The van der Waals surface area contributed by atoms with E-state index >= 15 is 0 Å². The molecule has 2 atom stereocenters. The Morgan fingerprint density at radius 3 is 3.04 bits per heavy atom. The lowest BCUT2D eigenvalue weighted by atomic mass is 9.91. The number of piperidine rings is 1. The number of carbonyl (C=O) groups excluding carboxylic acids is 1. The summed E-state index contributed by atoms with van der Waals surface area (Å²) in [7, 11) is 0. The van der Waals surface area contributed by atoms with Gasteiger partial charge in [-0.25, -0.2) is 14.2 Å². The molecule has 0 spiro atoms. The summed E-state index contributed by atoms with van der Waals surface area (Å²) in [4.78, 5) is 18.4. The second-order valence-corrected chi connectivity index (χ2v) is 7.34. The number of hydrogen-bond acceptors (Lipinski definition) is 4. The molecule has 1 aromatic heterocycles. The minimum absolute atomic E-state index is 0.0911. The Morgan fingerprint density at radius 2 is 2.30 bits per heavy atom. The first-order valence-corrected chi connectivity index (χ1v) is 8.51. The van der Waals surface area contributed by atoms with Crippen molar-refractivity contribution >= 4 is 32.7 Å². The number of benzene rings is 1. The Labute approximate surface area is 138 Å². The average Bonchev–Trinajstić information content (AvgIpc) is 2.88. The zero-order valence-corrected chi connectivity index (χ0v) is 14.0. The van der Waals surface area contributed by atoms with Gasteiger partial charge in [-0.2, -0.15) is 0 Å². The van der Waals surface area contributed by atoms with Crippen LogP contribution in [0.15, 0.2) is 12.1 Å². The van der Waals surface area contributed by atoms with Crippen LogP contribution in [0, 0.1) is 24.6 Å². The second-order valence-electron chi connectivity index (χ2n) is 6.31. The van der Waals surface area contributed by atoms with Gasteiger partial charge in [0.2, 0.25) is 0 Å². The molecule has 0 saturated carbocycles. The molecule has 2 aromatic rings. The first kappa shape index (κ1) is 16.1. The number of nitrogens with zero attached hydrogens (tertiary/aromatic N) is 2. The number of aliphatic hydroxyl groups excluding tert-OH is 1. The zero-order chi connectivity index (χ0) is 16.6. The van der Waals surface area contributed by atoms with Crippen molar-refractivity contribution in [2.45, 2.75) is 20.3 Å². The summed E-state index contributed by atoms with van der Waals surface area (Å²) in [5.74, 6) is 0.187. The number of likely N-dealkylation sites (tertiary alicyclic amines) is 1. The highest BCUT2D eigenvalue weighted by Crippen LogP contribution is 2.29. The van der Waals surface area contributed by atoms with Gasteiger partial charge in [0.15, 0.2) is 5.13 Å². The molecular formula is C16H20FN3O2S. The van der Waals surface area contributed by atoms with Crippen molar-refractivity contribution in [1.82, 2.24) is 9.88 Å². The molecule has 23 heavy (non-hydrogen) atoms. The molecule has 2 amide bonds. The molecule has 0 radical (unpaired) electrons. The number of rotatable bonds is 2. The molecule has 1 fully saturated rings. The third-order valence-corrected chi connectivity index (χ3v) is 5.11. The van der Waals surface area contributed by atoms with Crippen LogP contribution in [0.2, 0.25) is 0 Å². The monoisotopic (exact) mass is 337 g/mol. The van der Waals surface area contributed by atoms with E-state index in [-0.39, 0.29) is 24.4 Å². The molecule has 1 aliphatic rings. The van der Waals surface area contributed by atoms with Crippen LogP contribution in [-0.4, -0.2) is 40.7 Å². The third kappa shape index (κ3) is 3.45. The van der Waals surface area contributed by atoms with E-state index in [0.717, 1.165) is 11.1 Å². The Kier molecular flexibility index (Phi) is 4.50. The van der Waals surface area contributed by atoms with E-state index in [1.54, 1.807) is 17.9 Å². The summed E-state index contributed by atoms with van der Waals surface area (Å²) in [5.41, 5.74) is 1.11. The molecule has 1 aromatic carbocycles. The number of anilines is 1. The van der Waals surface area contributed by atoms with Crippen molar-refractivity contribution < 1.29 is 14.3 Å². The number of nitrogens with one attached hydrogen (secondary N) is 1. The molecule has 2 heterocycles. The maximum atomic E-state index is 13.6. The lowest BCUT2D eigenvalue weighted by Gasteiger charge is -2.35. The van der Waals surface area contributed by atoms with E-state index in [1.807, 2.05) is 0 Å². The van der Waals surface area contributed by atoms with Gasteiger partial charge in [-0.3, -0.25) is 5.32 Å². The average molecular weight is 337 g/mol. The number of hydrogen-bond donors (Lipinski definition) is 2. The van der Waals surface area contributed by atoms with E-state index in [9.17, 15) is 14.3 Å². The number of thiazole rings is 1. The van der Waals surface area contributed by atoms with Crippen molar-refractivity contribution in [1.29, 1.82) is 0 Å². The van der Waals surface area contributed by atoms with E-state index in [0.29, 0.717) is 35.2 Å². The van der Waals surface area contributed by atoms with Gasteiger partial charge in [-0.1, -0.05) is 18.3 Å². The van der Waals surface area contributed by atoms with Gasteiger partial charge in [0.05, 0.1) is 10.2 Å². The Balaban J connectivity index is 1.74. The summed E-state index contributed by atoms with van der Waals surface area (Å²) in [6.45, 7) is 5.09. The van der Waals surface area contributed by atoms with Crippen molar-refractivity contribution in [2.24, 2.45) is 11.8 Å². The molecule has 1 saturated heterocycles. The summed E-state index contributed by atoms with van der Waals surface area (Å²) in [6, 6.07) is 2.91. The molecule has 124 valence electrons. The lowest BCUT2D eigenvalue weighted by molar-refractivity contribution is 0.110. The highest BCUT2D eigenvalue weighted by molar-refractivity contribution is 7.22. The van der Waals surface area contributed by atoms with Crippen LogP contribution in [0.3, 0.4) is 0 Å². The fourth-order valence-corrected chi connectivity index (χ4v) is 3.99. The van der Waals surface area contributed by atoms with Crippen LogP contribution < -0.4 is 5.32 Å². The lowest BCUT2D eigenvalue weighted by Crippen LogP contribution is -2.46. The maximum Gasteiger partial charge on any atom is 0.323 e. The van der Waals surface area contributed by atoms with Gasteiger partial charge in [0.1, 0.15) is 5.82 Å². The summed E-state index contributed by atoms with van der Waals surface area (Å²) in [5, 5.41) is 12.6. The van der Waals surface area contributed by atoms with Gasteiger partial charge >= 0.3 is 6.03 Å². The molecule has 7 heteroatoms. The topological polar surface area (TPSA) is 65.5 Å². The fourth-order valence-electron chi connectivity index (χ4n) is 3.05. The predicted octanol–water partition coefficient (Wildman–Crippen LogP) is 3.23. The maximum absolute atomic E-state index is 13.6. The molecule has 0 aliphatic carbocycles. The molecule has 2 unspecified atom stereocenters. The second kappa shape index (κ2) is 6.41. The smallest absolute Gasteiger partial charge is 0.323 e. The van der Waals surface area contributed by atoms with Gasteiger partial charge in [-0.05, 0) is 36.8 Å². The van der Waals surface area contributed by atoms with E-state index in [4.69, 9.17) is 0 Å². The molecule has 5 nitrogen and oxygen atoms in total. The molecule has 2 N–H and O–H groups in total. The largest absolute Gasteiger partial charge is 0.396 e. The first-order chi connectivity index (χ1) is 11.0. The molecule has 1 aliphatic heterocycles. The quantitative estimate of drug-likeness (QED) is 0.884. The van der Waals surface area contributed by atoms with Crippen LogP contribution in [0.25, 0.3) is 10.2 Å². The molecule has 0 bridgehead atoms. The fraction of sp³-hybridized carbons (Fsp3) is 0.500. The number of aliphatic hydroxyl groups is 1. The van der Waals surface area contributed by atoms with Gasteiger partial charge in [0, 0.05) is 25.8 Å².